The zero-order valence-electron chi connectivity index (χ0n) is 7.59. The van der Waals surface area contributed by atoms with Crippen molar-refractivity contribution < 1.29 is 0 Å². The molecule has 0 saturated carbocycles. The fraction of sp³-hybridized carbons (Fsp3) is 0. The summed E-state index contributed by atoms with van der Waals surface area (Å²) in [5.41, 5.74) is 1.30. The van der Waals surface area contributed by atoms with Crippen molar-refractivity contribution >= 4 is 41.3 Å². The van der Waals surface area contributed by atoms with Gasteiger partial charge in [-0.3, -0.25) is 0 Å². The molecule has 70 valence electrons. The zero-order valence-corrected chi connectivity index (χ0v) is 10.7. The van der Waals surface area contributed by atoms with Crippen LogP contribution in [-0.2, 0) is 0 Å². The molecular weight excluding hydrogens is 304 g/mol. The average molecular weight is 314 g/mol. The van der Waals surface area contributed by atoms with Crippen LogP contribution in [0.5, 0.6) is 0 Å². The van der Waals surface area contributed by atoms with Gasteiger partial charge in [0.15, 0.2) is 0 Å². The normalized spacial score (nSPS) is 10.9. The molecule has 0 aliphatic rings. The predicted octanol–water partition coefficient (Wildman–Crippen LogP) is 2.75. The molecule has 0 spiro atoms. The van der Waals surface area contributed by atoms with E-state index in [0.29, 0.717) is 0 Å². The van der Waals surface area contributed by atoms with E-state index in [4.69, 9.17) is 0 Å². The van der Waals surface area contributed by atoms with Gasteiger partial charge in [0, 0.05) is 0 Å². The third kappa shape index (κ3) is 2.99. The van der Waals surface area contributed by atoms with Crippen molar-refractivity contribution in [3.8, 4) is 0 Å². The van der Waals surface area contributed by atoms with Gasteiger partial charge >= 0.3 is 98.8 Å². The van der Waals surface area contributed by atoms with Crippen molar-refractivity contribution in [3.63, 3.8) is 0 Å². The van der Waals surface area contributed by atoms with Crippen molar-refractivity contribution in [2.75, 3.05) is 0 Å². The summed E-state index contributed by atoms with van der Waals surface area (Å²) in [5, 5.41) is 2.15. The quantitative estimate of drug-likeness (QED) is 0.764. The van der Waals surface area contributed by atoms with Crippen LogP contribution < -0.4 is 2.93 Å². The zero-order chi connectivity index (χ0) is 9.64. The molecule has 1 aromatic carbocycles. The summed E-state index contributed by atoms with van der Waals surface area (Å²) in [4.78, 5) is 0. The van der Waals surface area contributed by atoms with Gasteiger partial charge < -0.3 is 0 Å². The molecule has 2 heteroatoms. The maximum atomic E-state index is 2.34. The minimum absolute atomic E-state index is 0.0976. The Balaban J connectivity index is 1.96. The summed E-state index contributed by atoms with van der Waals surface area (Å²) in [7, 11) is 0. The predicted molar refractivity (Wildman–Crippen MR) is 65.2 cm³/mol. The SMILES string of the molecule is C(=C/c1ccccc1)/[Te]c1cccs1. The van der Waals surface area contributed by atoms with Crippen LogP contribution >= 0.6 is 11.3 Å². The molecule has 0 amide bonds. The van der Waals surface area contributed by atoms with Gasteiger partial charge in [-0.15, -0.1) is 0 Å². The Hall–Kier alpha value is -0.550. The molecule has 0 nitrogen and oxygen atoms in total. The molecule has 0 atom stereocenters. The third-order valence-electron chi connectivity index (χ3n) is 1.74. The van der Waals surface area contributed by atoms with Gasteiger partial charge in [-0.05, 0) is 0 Å². The number of thiophene rings is 1. The Morgan fingerprint density at radius 2 is 1.86 bits per heavy atom. The molecule has 0 aliphatic heterocycles. The monoisotopic (exact) mass is 316 g/mol. The maximum absolute atomic E-state index is 2.34. The second-order valence-corrected chi connectivity index (χ2v) is 7.22. The summed E-state index contributed by atoms with van der Waals surface area (Å²) < 4.78 is 3.88. The average Bonchev–Trinajstić information content (AvgIpc) is 2.72. The standard InChI is InChI=1S/C12H10STe/c1-2-5-11(6-3-1)8-10-14-12-7-4-9-13-12/h1-10H/b10-8-. The number of hydrogen-bond acceptors (Lipinski definition) is 1. The second kappa shape index (κ2) is 5.36. The molecule has 0 bridgehead atoms. The van der Waals surface area contributed by atoms with Gasteiger partial charge in [0.2, 0.25) is 0 Å². The Morgan fingerprint density at radius 1 is 1.00 bits per heavy atom. The molecule has 0 radical (unpaired) electrons. The van der Waals surface area contributed by atoms with Crippen LogP contribution in [-0.4, -0.2) is 20.9 Å². The van der Waals surface area contributed by atoms with Crippen molar-refractivity contribution in [1.82, 2.24) is 0 Å². The Bertz CT molecular complexity index is 390. The van der Waals surface area contributed by atoms with Gasteiger partial charge in [-0.2, -0.15) is 0 Å². The molecule has 0 aliphatic carbocycles. The van der Waals surface area contributed by atoms with E-state index >= 15 is 0 Å². The molecular formula is C12H10STe. The first-order valence-corrected chi connectivity index (χ1v) is 7.76. The van der Waals surface area contributed by atoms with Crippen molar-refractivity contribution in [2.45, 2.75) is 0 Å². The van der Waals surface area contributed by atoms with Gasteiger partial charge in [-0.1, -0.05) is 0 Å². The number of benzene rings is 1. The van der Waals surface area contributed by atoms with Crippen LogP contribution in [0.4, 0.5) is 0 Å². The number of rotatable bonds is 3. The van der Waals surface area contributed by atoms with Gasteiger partial charge in [0.05, 0.1) is 0 Å². The van der Waals surface area contributed by atoms with E-state index in [9.17, 15) is 0 Å². The fourth-order valence-electron chi connectivity index (χ4n) is 1.07. The van der Waals surface area contributed by atoms with E-state index in [2.05, 4.69) is 52.0 Å². The van der Waals surface area contributed by atoms with Crippen LogP contribution in [0.25, 0.3) is 6.08 Å². The molecule has 1 heterocycles. The molecule has 0 fully saturated rings. The summed E-state index contributed by atoms with van der Waals surface area (Å²) in [6.45, 7) is 0. The Kier molecular flexibility index (Phi) is 3.82. The van der Waals surface area contributed by atoms with E-state index in [1.807, 2.05) is 17.4 Å². The van der Waals surface area contributed by atoms with E-state index in [-0.39, 0.29) is 20.9 Å². The molecule has 0 unspecified atom stereocenters. The van der Waals surface area contributed by atoms with E-state index in [1.54, 1.807) is 2.93 Å². The minimum atomic E-state index is -0.0976. The summed E-state index contributed by atoms with van der Waals surface area (Å²) >= 11 is 1.77. The molecule has 2 rings (SSSR count). The Labute approximate surface area is 98.4 Å². The van der Waals surface area contributed by atoms with Crippen LogP contribution in [0.15, 0.2) is 52.0 Å². The van der Waals surface area contributed by atoms with Crippen molar-refractivity contribution in [1.29, 1.82) is 0 Å². The van der Waals surface area contributed by atoms with Crippen molar-refractivity contribution in [2.24, 2.45) is 0 Å². The van der Waals surface area contributed by atoms with Gasteiger partial charge in [0.1, 0.15) is 0 Å². The summed E-state index contributed by atoms with van der Waals surface area (Å²) in [5.74, 6) is 0. The van der Waals surface area contributed by atoms with Crippen LogP contribution in [0, 0.1) is 0 Å². The van der Waals surface area contributed by atoms with Crippen LogP contribution in [0.2, 0.25) is 0 Å². The molecule has 0 saturated heterocycles. The molecule has 1 aromatic heterocycles. The van der Waals surface area contributed by atoms with E-state index in [0.717, 1.165) is 0 Å². The first-order chi connectivity index (χ1) is 6.95. The van der Waals surface area contributed by atoms with E-state index in [1.165, 1.54) is 5.56 Å². The van der Waals surface area contributed by atoms with Crippen molar-refractivity contribution in [3.05, 3.63) is 57.5 Å². The second-order valence-electron chi connectivity index (χ2n) is 2.76. The van der Waals surface area contributed by atoms with Crippen LogP contribution in [0.3, 0.4) is 0 Å². The van der Waals surface area contributed by atoms with Gasteiger partial charge in [0.25, 0.3) is 0 Å². The molecule has 2 aromatic rings. The molecule has 0 N–H and O–H groups in total. The summed E-state index contributed by atoms with van der Waals surface area (Å²) in [6.07, 6.45) is 2.22. The fourth-order valence-corrected chi connectivity index (χ4v) is 4.38. The van der Waals surface area contributed by atoms with Crippen LogP contribution in [0.1, 0.15) is 5.56 Å². The molecule has 14 heavy (non-hydrogen) atoms. The number of hydrogen-bond donors (Lipinski definition) is 0. The first-order valence-electron chi connectivity index (χ1n) is 4.37. The van der Waals surface area contributed by atoms with Gasteiger partial charge in [-0.25, -0.2) is 0 Å². The topological polar surface area (TPSA) is 0 Å². The Morgan fingerprint density at radius 3 is 2.57 bits per heavy atom. The van der Waals surface area contributed by atoms with E-state index < -0.39 is 0 Å². The third-order valence-corrected chi connectivity index (χ3v) is 5.70. The first kappa shape index (κ1) is 9.98. The summed E-state index contributed by atoms with van der Waals surface area (Å²) in [6, 6.07) is 14.8.